The second-order valence-corrected chi connectivity index (χ2v) is 6.65. The molecule has 18 heavy (non-hydrogen) atoms. The van der Waals surface area contributed by atoms with Gasteiger partial charge in [0.2, 0.25) is 5.91 Å². The first-order chi connectivity index (χ1) is 8.69. The highest BCUT2D eigenvalue weighted by Crippen LogP contribution is 2.39. The van der Waals surface area contributed by atoms with E-state index >= 15 is 0 Å². The van der Waals surface area contributed by atoms with Crippen LogP contribution >= 0.6 is 11.3 Å². The summed E-state index contributed by atoms with van der Waals surface area (Å²) in [6.07, 6.45) is 6.69. The van der Waals surface area contributed by atoms with E-state index in [-0.39, 0.29) is 11.9 Å². The van der Waals surface area contributed by atoms with E-state index < -0.39 is 5.54 Å². The molecule has 0 aromatic carbocycles. The molecule has 0 saturated heterocycles. The normalized spacial score (nSPS) is 23.8. The van der Waals surface area contributed by atoms with Crippen molar-refractivity contribution in [2.75, 3.05) is 0 Å². The predicted molar refractivity (Wildman–Crippen MR) is 73.3 cm³/mol. The van der Waals surface area contributed by atoms with Gasteiger partial charge in [-0.25, -0.2) is 0 Å². The van der Waals surface area contributed by atoms with Crippen molar-refractivity contribution in [3.8, 4) is 0 Å². The third kappa shape index (κ3) is 2.31. The smallest absolute Gasteiger partial charge is 0.240 e. The average molecular weight is 264 g/mol. The Morgan fingerprint density at radius 2 is 2.17 bits per heavy atom. The topological polar surface area (TPSA) is 55.1 Å². The van der Waals surface area contributed by atoms with Crippen LogP contribution in [-0.4, -0.2) is 11.4 Å². The van der Waals surface area contributed by atoms with E-state index in [1.807, 2.05) is 0 Å². The summed E-state index contributed by atoms with van der Waals surface area (Å²) in [5, 5.41) is 5.29. The summed E-state index contributed by atoms with van der Waals surface area (Å²) in [5.74, 6) is 0.641. The molecule has 2 saturated carbocycles. The fraction of sp³-hybridized carbons (Fsp3) is 0.643. The summed E-state index contributed by atoms with van der Waals surface area (Å²) in [4.78, 5) is 13.4. The SMILES string of the molecule is NC1(C(=O)NC(c2cccs2)C2CCCC2)CC1. The summed E-state index contributed by atoms with van der Waals surface area (Å²) in [6.45, 7) is 0. The first kappa shape index (κ1) is 12.2. The van der Waals surface area contributed by atoms with Gasteiger partial charge in [0.15, 0.2) is 0 Å². The van der Waals surface area contributed by atoms with Crippen LogP contribution in [0.25, 0.3) is 0 Å². The van der Waals surface area contributed by atoms with Gasteiger partial charge in [-0.2, -0.15) is 0 Å². The second kappa shape index (κ2) is 4.67. The number of rotatable bonds is 4. The Morgan fingerprint density at radius 1 is 1.44 bits per heavy atom. The van der Waals surface area contributed by atoms with E-state index in [0.717, 1.165) is 12.8 Å². The number of hydrogen-bond donors (Lipinski definition) is 2. The van der Waals surface area contributed by atoms with E-state index in [0.29, 0.717) is 5.92 Å². The zero-order valence-corrected chi connectivity index (χ0v) is 11.3. The van der Waals surface area contributed by atoms with Gasteiger partial charge in [0.25, 0.3) is 0 Å². The minimum Gasteiger partial charge on any atom is -0.347 e. The maximum Gasteiger partial charge on any atom is 0.240 e. The Bertz CT molecular complexity index is 419. The molecule has 98 valence electrons. The standard InChI is InChI=1S/C14H20N2OS/c15-14(7-8-14)13(17)16-12(10-4-1-2-5-10)11-6-3-9-18-11/h3,6,9-10,12H,1-2,4-5,7-8,15H2,(H,16,17). The van der Waals surface area contributed by atoms with Crippen molar-refractivity contribution in [2.24, 2.45) is 11.7 Å². The molecule has 1 atom stereocenters. The van der Waals surface area contributed by atoms with Gasteiger partial charge < -0.3 is 11.1 Å². The van der Waals surface area contributed by atoms with E-state index in [1.165, 1.54) is 30.6 Å². The summed E-state index contributed by atoms with van der Waals surface area (Å²) in [5.41, 5.74) is 5.42. The van der Waals surface area contributed by atoms with Gasteiger partial charge in [0.05, 0.1) is 11.6 Å². The van der Waals surface area contributed by atoms with Gasteiger partial charge in [0.1, 0.15) is 0 Å². The lowest BCUT2D eigenvalue weighted by atomic mass is 9.96. The lowest BCUT2D eigenvalue weighted by Gasteiger charge is -2.25. The van der Waals surface area contributed by atoms with Crippen LogP contribution in [0.2, 0.25) is 0 Å². The first-order valence-corrected chi connectivity index (χ1v) is 7.70. The Labute approximate surface area is 112 Å². The van der Waals surface area contributed by atoms with Crippen LogP contribution in [0.4, 0.5) is 0 Å². The van der Waals surface area contributed by atoms with Crippen molar-refractivity contribution in [3.05, 3.63) is 22.4 Å². The number of carbonyl (C=O) groups excluding carboxylic acids is 1. The lowest BCUT2D eigenvalue weighted by Crippen LogP contribution is -2.45. The third-order valence-electron chi connectivity index (χ3n) is 4.25. The Hall–Kier alpha value is -0.870. The molecule has 3 rings (SSSR count). The van der Waals surface area contributed by atoms with Crippen LogP contribution < -0.4 is 11.1 Å². The molecule has 1 aromatic rings. The molecule has 0 bridgehead atoms. The summed E-state index contributed by atoms with van der Waals surface area (Å²) >= 11 is 1.74. The van der Waals surface area contributed by atoms with Crippen molar-refractivity contribution in [2.45, 2.75) is 50.1 Å². The van der Waals surface area contributed by atoms with Gasteiger partial charge in [-0.3, -0.25) is 4.79 Å². The number of nitrogens with two attached hydrogens (primary N) is 1. The zero-order valence-electron chi connectivity index (χ0n) is 10.5. The molecule has 1 heterocycles. The molecule has 2 fully saturated rings. The highest BCUT2D eigenvalue weighted by molar-refractivity contribution is 7.10. The monoisotopic (exact) mass is 264 g/mol. The number of carbonyl (C=O) groups is 1. The van der Waals surface area contributed by atoms with Crippen molar-refractivity contribution in [3.63, 3.8) is 0 Å². The number of nitrogens with one attached hydrogen (secondary N) is 1. The molecule has 2 aliphatic carbocycles. The van der Waals surface area contributed by atoms with Crippen LogP contribution in [0.1, 0.15) is 49.4 Å². The molecule has 0 aliphatic heterocycles. The molecular formula is C14H20N2OS. The molecule has 0 radical (unpaired) electrons. The highest BCUT2D eigenvalue weighted by atomic mass is 32.1. The summed E-state index contributed by atoms with van der Waals surface area (Å²) in [7, 11) is 0. The first-order valence-electron chi connectivity index (χ1n) is 6.82. The van der Waals surface area contributed by atoms with Gasteiger partial charge in [0, 0.05) is 4.88 Å². The number of thiophene rings is 1. The number of amides is 1. The molecule has 4 heteroatoms. The van der Waals surface area contributed by atoms with Crippen LogP contribution in [0.15, 0.2) is 17.5 Å². The quantitative estimate of drug-likeness (QED) is 0.878. The van der Waals surface area contributed by atoms with Gasteiger partial charge in [-0.1, -0.05) is 18.9 Å². The zero-order chi connectivity index (χ0) is 12.6. The fourth-order valence-corrected chi connectivity index (χ4v) is 3.70. The Morgan fingerprint density at radius 3 is 2.72 bits per heavy atom. The molecule has 1 amide bonds. The predicted octanol–water partition coefficient (Wildman–Crippen LogP) is 2.59. The summed E-state index contributed by atoms with van der Waals surface area (Å²) in [6, 6.07) is 4.37. The Balaban J connectivity index is 1.75. The van der Waals surface area contributed by atoms with E-state index in [4.69, 9.17) is 5.73 Å². The van der Waals surface area contributed by atoms with Gasteiger partial charge in [-0.15, -0.1) is 11.3 Å². The molecule has 3 N–H and O–H groups in total. The van der Waals surface area contributed by atoms with Crippen LogP contribution in [0.3, 0.4) is 0 Å². The third-order valence-corrected chi connectivity index (χ3v) is 5.20. The van der Waals surface area contributed by atoms with Crippen molar-refractivity contribution >= 4 is 17.2 Å². The Kier molecular flexibility index (Phi) is 3.16. The lowest BCUT2D eigenvalue weighted by molar-refractivity contribution is -0.124. The second-order valence-electron chi connectivity index (χ2n) is 5.67. The van der Waals surface area contributed by atoms with Crippen LogP contribution in [-0.2, 0) is 4.79 Å². The highest BCUT2D eigenvalue weighted by Gasteiger charge is 2.47. The molecular weight excluding hydrogens is 244 g/mol. The van der Waals surface area contributed by atoms with E-state index in [2.05, 4.69) is 22.8 Å². The maximum absolute atomic E-state index is 12.2. The molecule has 3 nitrogen and oxygen atoms in total. The number of hydrogen-bond acceptors (Lipinski definition) is 3. The van der Waals surface area contributed by atoms with Crippen molar-refractivity contribution in [1.82, 2.24) is 5.32 Å². The largest absolute Gasteiger partial charge is 0.347 e. The van der Waals surface area contributed by atoms with Gasteiger partial charge in [-0.05, 0) is 43.0 Å². The van der Waals surface area contributed by atoms with Crippen LogP contribution in [0, 0.1) is 5.92 Å². The van der Waals surface area contributed by atoms with E-state index in [1.54, 1.807) is 11.3 Å². The summed E-state index contributed by atoms with van der Waals surface area (Å²) < 4.78 is 0. The van der Waals surface area contributed by atoms with Crippen molar-refractivity contribution < 1.29 is 4.79 Å². The molecule has 1 unspecified atom stereocenters. The van der Waals surface area contributed by atoms with Crippen LogP contribution in [0.5, 0.6) is 0 Å². The average Bonchev–Trinajstić information content (AvgIpc) is 2.86. The molecule has 0 spiro atoms. The van der Waals surface area contributed by atoms with E-state index in [9.17, 15) is 4.79 Å². The van der Waals surface area contributed by atoms with Gasteiger partial charge >= 0.3 is 0 Å². The van der Waals surface area contributed by atoms with Crippen molar-refractivity contribution in [1.29, 1.82) is 0 Å². The maximum atomic E-state index is 12.2. The fourth-order valence-electron chi connectivity index (χ4n) is 2.83. The minimum absolute atomic E-state index is 0.0489. The minimum atomic E-state index is -0.561. The molecule has 1 aromatic heterocycles. The molecule has 2 aliphatic rings.